The molecular weight excluding hydrogens is 303 g/mol. The second-order valence-corrected chi connectivity index (χ2v) is 4.56. The Morgan fingerprint density at radius 3 is 2.64 bits per heavy atom. The largest absolute Gasteiger partial charge is 0.465 e. The zero-order valence-corrected chi connectivity index (χ0v) is 11.7. The summed E-state index contributed by atoms with van der Waals surface area (Å²) in [6.45, 7) is 1.30. The summed E-state index contributed by atoms with van der Waals surface area (Å²) < 4.78 is 48.7. The number of methoxy groups -OCH3 is 1. The number of aryl methyl sites for hydroxylation is 1. The van der Waals surface area contributed by atoms with Gasteiger partial charge in [-0.1, -0.05) is 0 Å². The van der Waals surface area contributed by atoms with Gasteiger partial charge in [0.2, 0.25) is 0 Å². The Morgan fingerprint density at radius 2 is 2.05 bits per heavy atom. The van der Waals surface area contributed by atoms with Crippen molar-refractivity contribution in [3.8, 4) is 0 Å². The summed E-state index contributed by atoms with van der Waals surface area (Å²) in [5.74, 6) is -0.176. The first-order valence-corrected chi connectivity index (χ1v) is 6.17. The standard InChI is InChI=1S/C14H12F3NO4/c1-8-11(13(20)21-2)5-10(22-8)7-18-6-9(14(15,16)17)3-4-12(18)19/h3-6H,7H2,1-2H3. The maximum atomic E-state index is 12.7. The lowest BCUT2D eigenvalue weighted by Gasteiger charge is -2.09. The van der Waals surface area contributed by atoms with E-state index in [0.717, 1.165) is 10.6 Å². The highest BCUT2D eigenvalue weighted by Crippen LogP contribution is 2.28. The fourth-order valence-corrected chi connectivity index (χ4v) is 1.92. The van der Waals surface area contributed by atoms with E-state index < -0.39 is 23.3 Å². The van der Waals surface area contributed by atoms with E-state index in [1.54, 1.807) is 0 Å². The predicted octanol–water partition coefficient (Wildman–Crippen LogP) is 2.60. The average molecular weight is 315 g/mol. The van der Waals surface area contributed by atoms with Gasteiger partial charge in [-0.2, -0.15) is 13.2 Å². The zero-order chi connectivity index (χ0) is 16.5. The van der Waals surface area contributed by atoms with E-state index in [9.17, 15) is 22.8 Å². The molecule has 0 amide bonds. The first-order valence-electron chi connectivity index (χ1n) is 6.17. The molecule has 0 saturated heterocycles. The molecule has 0 aliphatic heterocycles. The monoisotopic (exact) mass is 315 g/mol. The first kappa shape index (κ1) is 15.9. The molecule has 0 aromatic carbocycles. The number of carbonyl (C=O) groups is 1. The van der Waals surface area contributed by atoms with Gasteiger partial charge in [-0.3, -0.25) is 4.79 Å². The summed E-state index contributed by atoms with van der Waals surface area (Å²) in [6.07, 6.45) is -3.84. The number of hydrogen-bond acceptors (Lipinski definition) is 4. The molecule has 0 spiro atoms. The van der Waals surface area contributed by atoms with Crippen LogP contribution in [0.25, 0.3) is 0 Å². The number of esters is 1. The quantitative estimate of drug-likeness (QED) is 0.817. The van der Waals surface area contributed by atoms with Crippen LogP contribution in [0.4, 0.5) is 13.2 Å². The summed E-state index contributed by atoms with van der Waals surface area (Å²) in [7, 11) is 1.20. The Labute approximate surface area is 122 Å². The summed E-state index contributed by atoms with van der Waals surface area (Å²) in [5, 5.41) is 0. The zero-order valence-electron chi connectivity index (χ0n) is 11.7. The van der Waals surface area contributed by atoms with Gasteiger partial charge < -0.3 is 13.7 Å². The molecule has 0 saturated carbocycles. The Kier molecular flexibility index (Phi) is 4.11. The topological polar surface area (TPSA) is 61.4 Å². The Bertz CT molecular complexity index is 758. The fourth-order valence-electron chi connectivity index (χ4n) is 1.92. The first-order chi connectivity index (χ1) is 10.2. The van der Waals surface area contributed by atoms with E-state index in [2.05, 4.69) is 4.74 Å². The van der Waals surface area contributed by atoms with E-state index >= 15 is 0 Å². The highest BCUT2D eigenvalue weighted by molar-refractivity contribution is 5.90. The van der Waals surface area contributed by atoms with Crippen LogP contribution >= 0.6 is 0 Å². The van der Waals surface area contributed by atoms with E-state index in [1.807, 2.05) is 0 Å². The van der Waals surface area contributed by atoms with E-state index in [-0.39, 0.29) is 23.6 Å². The normalized spacial score (nSPS) is 11.5. The second-order valence-electron chi connectivity index (χ2n) is 4.56. The van der Waals surface area contributed by atoms with Gasteiger partial charge >= 0.3 is 12.1 Å². The number of nitrogens with zero attached hydrogens (tertiary/aromatic N) is 1. The second kappa shape index (κ2) is 5.70. The fraction of sp³-hybridized carbons (Fsp3) is 0.286. The SMILES string of the molecule is COC(=O)c1cc(Cn2cc(C(F)(F)F)ccc2=O)oc1C. The number of hydrogen-bond donors (Lipinski definition) is 0. The summed E-state index contributed by atoms with van der Waals surface area (Å²) in [4.78, 5) is 23.1. The maximum absolute atomic E-state index is 12.7. The molecule has 2 aromatic heterocycles. The van der Waals surface area contributed by atoms with E-state index in [4.69, 9.17) is 4.42 Å². The highest BCUT2D eigenvalue weighted by atomic mass is 19.4. The van der Waals surface area contributed by atoms with Crippen molar-refractivity contribution in [2.24, 2.45) is 0 Å². The molecule has 0 N–H and O–H groups in total. The predicted molar refractivity (Wildman–Crippen MR) is 69.6 cm³/mol. The molecule has 8 heteroatoms. The molecule has 0 aliphatic rings. The van der Waals surface area contributed by atoms with Gasteiger partial charge in [-0.15, -0.1) is 0 Å². The molecule has 22 heavy (non-hydrogen) atoms. The lowest BCUT2D eigenvalue weighted by Crippen LogP contribution is -2.21. The van der Waals surface area contributed by atoms with Crippen LogP contribution in [0.3, 0.4) is 0 Å². The lowest BCUT2D eigenvalue weighted by molar-refractivity contribution is -0.138. The summed E-state index contributed by atoms with van der Waals surface area (Å²) in [5.41, 5.74) is -1.39. The molecule has 2 rings (SSSR count). The smallest absolute Gasteiger partial charge is 0.417 e. The minimum atomic E-state index is -4.55. The van der Waals surface area contributed by atoms with Crippen LogP contribution in [0.1, 0.15) is 27.4 Å². The van der Waals surface area contributed by atoms with Crippen molar-refractivity contribution in [3.63, 3.8) is 0 Å². The van der Waals surface area contributed by atoms with Crippen molar-refractivity contribution in [1.29, 1.82) is 0 Å². The molecule has 0 radical (unpaired) electrons. The van der Waals surface area contributed by atoms with Crippen molar-refractivity contribution >= 4 is 5.97 Å². The highest BCUT2D eigenvalue weighted by Gasteiger charge is 2.31. The van der Waals surface area contributed by atoms with Crippen molar-refractivity contribution in [1.82, 2.24) is 4.57 Å². The van der Waals surface area contributed by atoms with E-state index in [1.165, 1.54) is 20.1 Å². The third-order valence-electron chi connectivity index (χ3n) is 3.01. The minimum absolute atomic E-state index is 0.164. The number of furan rings is 1. The third-order valence-corrected chi connectivity index (χ3v) is 3.01. The van der Waals surface area contributed by atoms with Crippen molar-refractivity contribution in [3.05, 3.63) is 57.4 Å². The van der Waals surface area contributed by atoms with Gasteiger partial charge in [0.1, 0.15) is 17.1 Å². The van der Waals surface area contributed by atoms with Crippen LogP contribution in [-0.4, -0.2) is 17.6 Å². The lowest BCUT2D eigenvalue weighted by atomic mass is 10.2. The van der Waals surface area contributed by atoms with Gasteiger partial charge in [-0.25, -0.2) is 4.79 Å². The Morgan fingerprint density at radius 1 is 1.36 bits per heavy atom. The third kappa shape index (κ3) is 3.21. The van der Waals surface area contributed by atoms with Crippen molar-refractivity contribution in [2.45, 2.75) is 19.6 Å². The van der Waals surface area contributed by atoms with Crippen LogP contribution in [0.15, 0.2) is 33.6 Å². The number of ether oxygens (including phenoxy) is 1. The summed E-state index contributed by atoms with van der Waals surface area (Å²) >= 11 is 0. The Balaban J connectivity index is 2.35. The van der Waals surface area contributed by atoms with Gasteiger partial charge in [0.15, 0.2) is 0 Å². The minimum Gasteiger partial charge on any atom is -0.465 e. The van der Waals surface area contributed by atoms with Gasteiger partial charge in [0.05, 0.1) is 19.2 Å². The molecule has 0 atom stereocenters. The number of pyridine rings is 1. The molecule has 0 aliphatic carbocycles. The van der Waals surface area contributed by atoms with Gasteiger partial charge in [-0.05, 0) is 19.1 Å². The molecule has 0 unspecified atom stereocenters. The maximum Gasteiger partial charge on any atom is 0.417 e. The van der Waals surface area contributed by atoms with Crippen molar-refractivity contribution < 1.29 is 27.1 Å². The molecule has 2 heterocycles. The Hall–Kier alpha value is -2.51. The summed E-state index contributed by atoms with van der Waals surface area (Å²) in [6, 6.07) is 2.89. The van der Waals surface area contributed by atoms with Crippen molar-refractivity contribution in [2.75, 3.05) is 7.11 Å². The van der Waals surface area contributed by atoms with Crippen LogP contribution in [-0.2, 0) is 17.5 Å². The van der Waals surface area contributed by atoms with Crippen LogP contribution < -0.4 is 5.56 Å². The molecule has 2 aromatic rings. The number of rotatable bonds is 3. The number of halogens is 3. The molecule has 0 fully saturated rings. The molecular formula is C14H12F3NO4. The molecule has 118 valence electrons. The van der Waals surface area contributed by atoms with E-state index in [0.29, 0.717) is 12.3 Å². The van der Waals surface area contributed by atoms with Gasteiger partial charge in [0, 0.05) is 12.3 Å². The average Bonchev–Trinajstić information content (AvgIpc) is 2.80. The molecule has 5 nitrogen and oxygen atoms in total. The van der Waals surface area contributed by atoms with Crippen LogP contribution in [0.5, 0.6) is 0 Å². The van der Waals surface area contributed by atoms with Crippen LogP contribution in [0.2, 0.25) is 0 Å². The number of carbonyl (C=O) groups excluding carboxylic acids is 1. The number of aromatic nitrogens is 1. The number of alkyl halides is 3. The van der Waals surface area contributed by atoms with Gasteiger partial charge in [0.25, 0.3) is 5.56 Å². The molecule has 0 bridgehead atoms. The van der Waals surface area contributed by atoms with Crippen LogP contribution in [0, 0.1) is 6.92 Å².